The maximum atomic E-state index is 12.3. The smallest absolute Gasteiger partial charge is 0.261 e. The first-order chi connectivity index (χ1) is 10.1. The number of allylic oxidation sites excluding steroid dienone is 1. The summed E-state index contributed by atoms with van der Waals surface area (Å²) in [6.07, 6.45) is 5.81. The third-order valence-corrected chi connectivity index (χ3v) is 4.64. The van der Waals surface area contributed by atoms with Crippen LogP contribution < -0.4 is 11.1 Å². The Balaban J connectivity index is 1.75. The Morgan fingerprint density at radius 1 is 1.43 bits per heavy atom. The van der Waals surface area contributed by atoms with Crippen LogP contribution in [0, 0.1) is 0 Å². The highest BCUT2D eigenvalue weighted by molar-refractivity contribution is 7.17. The predicted molar refractivity (Wildman–Crippen MR) is 84.0 cm³/mol. The minimum absolute atomic E-state index is 0.0343. The highest BCUT2D eigenvalue weighted by Crippen LogP contribution is 2.27. The number of nitrogen functional groups attached to an aromatic ring is 1. The van der Waals surface area contributed by atoms with Crippen LogP contribution in [0.25, 0.3) is 10.6 Å². The molecule has 3 rings (SSSR count). The van der Waals surface area contributed by atoms with Crippen LogP contribution in [0.1, 0.15) is 29.4 Å². The van der Waals surface area contributed by atoms with E-state index in [2.05, 4.69) is 28.3 Å². The standard InChI is InChI=1S/C15H16N4OS/c1-9-3-2-4-10(9)18-14(20)13-6-5-12(21-13)11-7-8-17-15(16)19-11/h3,5-8,10H,2,4H2,1H3,(H,18,20)(H2,16,17,19). The monoisotopic (exact) mass is 300 g/mol. The van der Waals surface area contributed by atoms with E-state index in [4.69, 9.17) is 5.73 Å². The average Bonchev–Trinajstić information content (AvgIpc) is 3.09. The first-order valence-corrected chi connectivity index (χ1v) is 7.61. The van der Waals surface area contributed by atoms with Gasteiger partial charge < -0.3 is 11.1 Å². The molecule has 1 amide bonds. The topological polar surface area (TPSA) is 80.9 Å². The normalized spacial score (nSPS) is 17.6. The molecule has 5 nitrogen and oxygen atoms in total. The molecule has 0 saturated carbocycles. The molecule has 0 fully saturated rings. The number of nitrogens with two attached hydrogens (primary N) is 1. The number of nitrogens with zero attached hydrogens (tertiary/aromatic N) is 2. The van der Waals surface area contributed by atoms with Gasteiger partial charge in [-0.25, -0.2) is 9.97 Å². The zero-order chi connectivity index (χ0) is 14.8. The summed E-state index contributed by atoms with van der Waals surface area (Å²) in [5.74, 6) is 0.201. The molecule has 108 valence electrons. The van der Waals surface area contributed by atoms with Gasteiger partial charge in [-0.1, -0.05) is 11.6 Å². The number of aromatic nitrogens is 2. The molecular formula is C15H16N4OS. The van der Waals surface area contributed by atoms with E-state index in [0.29, 0.717) is 4.88 Å². The molecule has 2 aromatic rings. The molecular weight excluding hydrogens is 284 g/mol. The number of nitrogens with one attached hydrogen (secondary N) is 1. The lowest BCUT2D eigenvalue weighted by Gasteiger charge is -2.13. The average molecular weight is 300 g/mol. The van der Waals surface area contributed by atoms with Gasteiger partial charge in [0, 0.05) is 6.20 Å². The second-order valence-electron chi connectivity index (χ2n) is 5.02. The van der Waals surface area contributed by atoms with E-state index in [1.165, 1.54) is 16.9 Å². The Morgan fingerprint density at radius 2 is 2.29 bits per heavy atom. The van der Waals surface area contributed by atoms with Gasteiger partial charge in [-0.2, -0.15) is 0 Å². The summed E-state index contributed by atoms with van der Waals surface area (Å²) in [6, 6.07) is 5.66. The zero-order valence-electron chi connectivity index (χ0n) is 11.7. The molecule has 1 unspecified atom stereocenters. The summed E-state index contributed by atoms with van der Waals surface area (Å²) in [5, 5.41) is 3.07. The van der Waals surface area contributed by atoms with Crippen LogP contribution in [0.3, 0.4) is 0 Å². The molecule has 0 bridgehead atoms. The highest BCUT2D eigenvalue weighted by Gasteiger charge is 2.19. The van der Waals surface area contributed by atoms with E-state index < -0.39 is 0 Å². The SMILES string of the molecule is CC1=CCCC1NC(=O)c1ccc(-c2ccnc(N)n2)s1. The molecule has 0 saturated heterocycles. The number of carbonyl (C=O) groups excluding carboxylic acids is 1. The van der Waals surface area contributed by atoms with Crippen LogP contribution in [-0.4, -0.2) is 21.9 Å². The molecule has 0 aliphatic heterocycles. The zero-order valence-corrected chi connectivity index (χ0v) is 12.5. The van der Waals surface area contributed by atoms with Crippen molar-refractivity contribution in [2.75, 3.05) is 5.73 Å². The van der Waals surface area contributed by atoms with Crippen LogP contribution in [-0.2, 0) is 0 Å². The third-order valence-electron chi connectivity index (χ3n) is 3.53. The number of carbonyl (C=O) groups is 1. The molecule has 6 heteroatoms. The first kappa shape index (κ1) is 13.8. The van der Waals surface area contributed by atoms with Crippen LogP contribution in [0.2, 0.25) is 0 Å². The number of amides is 1. The summed E-state index contributed by atoms with van der Waals surface area (Å²) in [5.41, 5.74) is 7.56. The fourth-order valence-electron chi connectivity index (χ4n) is 2.37. The van der Waals surface area contributed by atoms with Gasteiger partial charge in [-0.3, -0.25) is 4.79 Å². The Labute approximate surface area is 126 Å². The van der Waals surface area contributed by atoms with Crippen molar-refractivity contribution >= 4 is 23.2 Å². The molecule has 1 aliphatic rings. The molecule has 0 aromatic carbocycles. The van der Waals surface area contributed by atoms with Gasteiger partial charge in [-0.05, 0) is 38.0 Å². The third kappa shape index (κ3) is 2.95. The minimum atomic E-state index is -0.0343. The summed E-state index contributed by atoms with van der Waals surface area (Å²) in [6.45, 7) is 2.06. The van der Waals surface area contributed by atoms with Gasteiger partial charge >= 0.3 is 0 Å². The second kappa shape index (κ2) is 5.65. The van der Waals surface area contributed by atoms with Crippen molar-refractivity contribution in [3.63, 3.8) is 0 Å². The second-order valence-corrected chi connectivity index (χ2v) is 6.10. The summed E-state index contributed by atoms with van der Waals surface area (Å²) in [7, 11) is 0. The van der Waals surface area contributed by atoms with Crippen molar-refractivity contribution in [2.45, 2.75) is 25.8 Å². The summed E-state index contributed by atoms with van der Waals surface area (Å²) in [4.78, 5) is 21.9. The first-order valence-electron chi connectivity index (χ1n) is 6.80. The lowest BCUT2D eigenvalue weighted by Crippen LogP contribution is -2.33. The largest absolute Gasteiger partial charge is 0.368 e. The Hall–Kier alpha value is -2.21. The fraction of sp³-hybridized carbons (Fsp3) is 0.267. The van der Waals surface area contributed by atoms with E-state index in [0.717, 1.165) is 23.4 Å². The van der Waals surface area contributed by atoms with Gasteiger partial charge in [-0.15, -0.1) is 11.3 Å². The van der Waals surface area contributed by atoms with Gasteiger partial charge in [0.05, 0.1) is 21.5 Å². The van der Waals surface area contributed by atoms with E-state index >= 15 is 0 Å². The minimum Gasteiger partial charge on any atom is -0.368 e. The number of thiophene rings is 1. The van der Waals surface area contributed by atoms with E-state index in [1.54, 1.807) is 12.3 Å². The van der Waals surface area contributed by atoms with Crippen molar-refractivity contribution in [3.05, 3.63) is 40.9 Å². The van der Waals surface area contributed by atoms with Crippen LogP contribution >= 0.6 is 11.3 Å². The fourth-order valence-corrected chi connectivity index (χ4v) is 3.25. The van der Waals surface area contributed by atoms with Crippen molar-refractivity contribution in [2.24, 2.45) is 0 Å². The molecule has 1 aliphatic carbocycles. The maximum Gasteiger partial charge on any atom is 0.261 e. The molecule has 0 spiro atoms. The lowest BCUT2D eigenvalue weighted by atomic mass is 10.1. The molecule has 2 heterocycles. The van der Waals surface area contributed by atoms with Crippen molar-refractivity contribution in [3.8, 4) is 10.6 Å². The number of hydrogen-bond donors (Lipinski definition) is 2. The van der Waals surface area contributed by atoms with E-state index in [-0.39, 0.29) is 17.9 Å². The number of hydrogen-bond acceptors (Lipinski definition) is 5. The number of anilines is 1. The van der Waals surface area contributed by atoms with Gasteiger partial charge in [0.2, 0.25) is 5.95 Å². The van der Waals surface area contributed by atoms with Crippen LogP contribution in [0.15, 0.2) is 36.0 Å². The van der Waals surface area contributed by atoms with Crippen molar-refractivity contribution in [1.82, 2.24) is 15.3 Å². The molecule has 21 heavy (non-hydrogen) atoms. The maximum absolute atomic E-state index is 12.3. The van der Waals surface area contributed by atoms with Crippen LogP contribution in [0.4, 0.5) is 5.95 Å². The van der Waals surface area contributed by atoms with E-state index in [9.17, 15) is 4.79 Å². The predicted octanol–water partition coefficient (Wildman–Crippen LogP) is 2.63. The van der Waals surface area contributed by atoms with Crippen LogP contribution in [0.5, 0.6) is 0 Å². The van der Waals surface area contributed by atoms with Crippen molar-refractivity contribution in [1.29, 1.82) is 0 Å². The summed E-state index contributed by atoms with van der Waals surface area (Å²) >= 11 is 1.41. The molecule has 0 radical (unpaired) electrons. The Morgan fingerprint density at radius 3 is 3.00 bits per heavy atom. The number of rotatable bonds is 3. The summed E-state index contributed by atoms with van der Waals surface area (Å²) < 4.78 is 0. The quantitative estimate of drug-likeness (QED) is 0.854. The van der Waals surface area contributed by atoms with Crippen molar-refractivity contribution < 1.29 is 4.79 Å². The van der Waals surface area contributed by atoms with Gasteiger partial charge in [0.25, 0.3) is 5.91 Å². The van der Waals surface area contributed by atoms with Gasteiger partial charge in [0.15, 0.2) is 0 Å². The van der Waals surface area contributed by atoms with Gasteiger partial charge in [0.1, 0.15) is 0 Å². The molecule has 3 N–H and O–H groups in total. The Bertz CT molecular complexity index is 707. The Kier molecular flexibility index (Phi) is 3.70. The molecule has 2 aromatic heterocycles. The lowest BCUT2D eigenvalue weighted by molar-refractivity contribution is 0.0946. The molecule has 1 atom stereocenters. The van der Waals surface area contributed by atoms with E-state index in [1.807, 2.05) is 12.1 Å². The highest BCUT2D eigenvalue weighted by atomic mass is 32.1.